The smallest absolute Gasteiger partial charge is 0.308 e. The maximum atomic E-state index is 12.6. The van der Waals surface area contributed by atoms with Crippen LogP contribution in [0.15, 0.2) is 58.7 Å². The maximum absolute atomic E-state index is 12.6. The predicted octanol–water partition coefficient (Wildman–Crippen LogP) is 7.67. The summed E-state index contributed by atoms with van der Waals surface area (Å²) in [6.07, 6.45) is 6.25. The number of para-hydroxylation sites is 1. The number of hydrogen-bond donors (Lipinski definition) is 2. The normalized spacial score (nSPS) is 13.1. The lowest BCUT2D eigenvalue weighted by Crippen LogP contribution is -2.19. The van der Waals surface area contributed by atoms with Crippen molar-refractivity contribution in [2.75, 3.05) is 10.6 Å². The third-order valence-corrected chi connectivity index (χ3v) is 8.25. The molecule has 5 rings (SSSR count). The zero-order valence-electron chi connectivity index (χ0n) is 16.8. The van der Waals surface area contributed by atoms with E-state index in [1.165, 1.54) is 23.3 Å². The fraction of sp³-hybridized carbons (Fsp3) is 0.174. The number of urea groups is 1. The predicted molar refractivity (Wildman–Crippen MR) is 134 cm³/mol. The van der Waals surface area contributed by atoms with E-state index in [4.69, 9.17) is 23.2 Å². The first kappa shape index (κ1) is 21.5. The summed E-state index contributed by atoms with van der Waals surface area (Å²) in [7, 11) is 0. The molecule has 162 valence electrons. The summed E-state index contributed by atoms with van der Waals surface area (Å²) >= 11 is 15.3. The highest BCUT2D eigenvalue weighted by atomic mass is 35.5. The number of aryl methyl sites for hydroxylation is 2. The van der Waals surface area contributed by atoms with Gasteiger partial charge in [-0.2, -0.15) is 0 Å². The van der Waals surface area contributed by atoms with Crippen molar-refractivity contribution in [1.29, 1.82) is 0 Å². The highest BCUT2D eigenvalue weighted by molar-refractivity contribution is 7.99. The van der Waals surface area contributed by atoms with Gasteiger partial charge in [-0.1, -0.05) is 47.1 Å². The zero-order valence-corrected chi connectivity index (χ0v) is 20.0. The zero-order chi connectivity index (χ0) is 22.1. The summed E-state index contributed by atoms with van der Waals surface area (Å²) < 4.78 is 0. The van der Waals surface area contributed by atoms with Crippen molar-refractivity contribution in [3.8, 4) is 0 Å². The lowest BCUT2D eigenvalue weighted by molar-refractivity contribution is 0.262. The van der Waals surface area contributed by atoms with Crippen LogP contribution in [-0.4, -0.2) is 16.0 Å². The van der Waals surface area contributed by atoms with Crippen molar-refractivity contribution >= 4 is 73.9 Å². The van der Waals surface area contributed by atoms with Crippen LogP contribution in [0, 0.1) is 0 Å². The molecule has 0 saturated carbocycles. The number of rotatable bonds is 4. The number of carbonyl (C=O) groups excluding carboxylic acids is 1. The van der Waals surface area contributed by atoms with Crippen LogP contribution in [0.4, 0.5) is 16.2 Å². The number of carbonyl (C=O) groups is 1. The van der Waals surface area contributed by atoms with Crippen LogP contribution in [0.1, 0.15) is 23.3 Å². The Labute approximate surface area is 203 Å². The molecule has 0 atom stereocenters. The first-order chi connectivity index (χ1) is 15.6. The molecule has 0 aliphatic heterocycles. The van der Waals surface area contributed by atoms with Crippen molar-refractivity contribution in [2.45, 2.75) is 35.6 Å². The molecular formula is C23H18Cl2N4OS2. The van der Waals surface area contributed by atoms with Gasteiger partial charge in [-0.25, -0.2) is 14.8 Å². The van der Waals surface area contributed by atoms with Gasteiger partial charge in [0.25, 0.3) is 0 Å². The molecule has 0 bridgehead atoms. The Morgan fingerprint density at radius 2 is 1.84 bits per heavy atom. The number of benzene rings is 2. The molecule has 2 heterocycles. The first-order valence-corrected chi connectivity index (χ1v) is 12.5. The molecule has 0 fully saturated rings. The van der Waals surface area contributed by atoms with E-state index in [0.29, 0.717) is 21.4 Å². The van der Waals surface area contributed by atoms with E-state index in [1.54, 1.807) is 47.6 Å². The number of anilines is 2. The van der Waals surface area contributed by atoms with Crippen molar-refractivity contribution < 1.29 is 4.79 Å². The maximum Gasteiger partial charge on any atom is 0.323 e. The summed E-state index contributed by atoms with van der Waals surface area (Å²) in [6, 6.07) is 12.3. The Morgan fingerprint density at radius 3 is 2.72 bits per heavy atom. The third kappa shape index (κ3) is 4.43. The second-order valence-electron chi connectivity index (χ2n) is 7.38. The van der Waals surface area contributed by atoms with Gasteiger partial charge in [-0.05, 0) is 61.6 Å². The lowest BCUT2D eigenvalue weighted by atomic mass is 9.97. The molecule has 4 aromatic rings. The molecule has 9 heteroatoms. The van der Waals surface area contributed by atoms with Crippen LogP contribution < -0.4 is 10.6 Å². The quantitative estimate of drug-likeness (QED) is 0.282. The van der Waals surface area contributed by atoms with Gasteiger partial charge in [-0.15, -0.1) is 11.3 Å². The van der Waals surface area contributed by atoms with E-state index >= 15 is 0 Å². The van der Waals surface area contributed by atoms with Gasteiger partial charge in [0.05, 0.1) is 15.7 Å². The van der Waals surface area contributed by atoms with E-state index in [9.17, 15) is 4.79 Å². The Hall–Kier alpha value is -2.32. The van der Waals surface area contributed by atoms with E-state index in [1.807, 2.05) is 24.3 Å². The SMILES string of the molecule is O=C(Nc1ccc(Cl)c(Cl)c1)Nc1ccccc1Sc1ncnc2sc3c(c12)CCCC3. The van der Waals surface area contributed by atoms with Crippen molar-refractivity contribution in [3.05, 3.63) is 69.3 Å². The average Bonchev–Trinajstić information content (AvgIpc) is 3.17. The molecule has 5 nitrogen and oxygen atoms in total. The van der Waals surface area contributed by atoms with Crippen LogP contribution in [0.3, 0.4) is 0 Å². The molecule has 0 saturated heterocycles. The van der Waals surface area contributed by atoms with Gasteiger partial charge in [0, 0.05) is 20.8 Å². The second kappa shape index (κ2) is 9.27. The van der Waals surface area contributed by atoms with E-state index in [0.717, 1.165) is 33.0 Å². The molecule has 2 N–H and O–H groups in total. The number of thiophene rings is 1. The molecule has 2 aromatic carbocycles. The molecule has 1 aliphatic carbocycles. The number of amides is 2. The number of nitrogens with one attached hydrogen (secondary N) is 2. The van der Waals surface area contributed by atoms with Crippen LogP contribution in [0.2, 0.25) is 10.0 Å². The topological polar surface area (TPSA) is 66.9 Å². The van der Waals surface area contributed by atoms with Gasteiger partial charge >= 0.3 is 6.03 Å². The van der Waals surface area contributed by atoms with Crippen LogP contribution >= 0.6 is 46.3 Å². The van der Waals surface area contributed by atoms with Crippen molar-refractivity contribution in [1.82, 2.24) is 9.97 Å². The van der Waals surface area contributed by atoms with Crippen molar-refractivity contribution in [2.24, 2.45) is 0 Å². The fourth-order valence-electron chi connectivity index (χ4n) is 3.76. The largest absolute Gasteiger partial charge is 0.323 e. The van der Waals surface area contributed by atoms with Gasteiger partial charge in [0.2, 0.25) is 0 Å². The molecular weight excluding hydrogens is 483 g/mol. The summed E-state index contributed by atoms with van der Waals surface area (Å²) in [5.74, 6) is 0. The molecule has 0 spiro atoms. The minimum absolute atomic E-state index is 0.364. The highest BCUT2D eigenvalue weighted by Crippen LogP contribution is 2.42. The standard InChI is InChI=1S/C23H18Cl2N4OS2/c24-15-10-9-13(11-16(15)25)28-23(30)29-17-6-2-4-8-19(17)32-22-20-14-5-1-3-7-18(14)31-21(20)26-12-27-22/h2,4,6,8-12H,1,3,5,7H2,(H2,28,29,30). The first-order valence-electron chi connectivity index (χ1n) is 10.1. The Balaban J connectivity index is 1.40. The molecule has 1 aliphatic rings. The fourth-order valence-corrected chi connectivity index (χ4v) is 6.36. The average molecular weight is 501 g/mol. The van der Waals surface area contributed by atoms with E-state index in [-0.39, 0.29) is 6.03 Å². The molecule has 2 amide bonds. The number of nitrogens with zero attached hydrogens (tertiary/aromatic N) is 2. The minimum atomic E-state index is -0.364. The number of aromatic nitrogens is 2. The summed E-state index contributed by atoms with van der Waals surface area (Å²) in [5, 5.41) is 8.62. The Bertz CT molecular complexity index is 1320. The third-order valence-electron chi connectivity index (χ3n) is 5.24. The molecule has 32 heavy (non-hydrogen) atoms. The molecule has 2 aromatic heterocycles. The minimum Gasteiger partial charge on any atom is -0.308 e. The Morgan fingerprint density at radius 1 is 1.00 bits per heavy atom. The van der Waals surface area contributed by atoms with Crippen molar-refractivity contribution in [3.63, 3.8) is 0 Å². The highest BCUT2D eigenvalue weighted by Gasteiger charge is 2.21. The van der Waals surface area contributed by atoms with Crippen LogP contribution in [0.25, 0.3) is 10.2 Å². The lowest BCUT2D eigenvalue weighted by Gasteiger charge is -2.13. The van der Waals surface area contributed by atoms with Gasteiger partial charge in [0.1, 0.15) is 16.2 Å². The number of hydrogen-bond acceptors (Lipinski definition) is 5. The molecule has 0 unspecified atom stereocenters. The van der Waals surface area contributed by atoms with Gasteiger partial charge < -0.3 is 10.6 Å². The monoisotopic (exact) mass is 500 g/mol. The van der Waals surface area contributed by atoms with Crippen LogP contribution in [-0.2, 0) is 12.8 Å². The van der Waals surface area contributed by atoms with E-state index < -0.39 is 0 Å². The van der Waals surface area contributed by atoms with E-state index in [2.05, 4.69) is 20.6 Å². The summed E-state index contributed by atoms with van der Waals surface area (Å²) in [4.78, 5) is 25.1. The Kier molecular flexibility index (Phi) is 6.24. The number of halogens is 2. The van der Waals surface area contributed by atoms with Gasteiger partial charge in [0.15, 0.2) is 0 Å². The number of fused-ring (bicyclic) bond motifs is 3. The summed E-state index contributed by atoms with van der Waals surface area (Å²) in [5.41, 5.74) is 2.65. The summed E-state index contributed by atoms with van der Waals surface area (Å²) in [6.45, 7) is 0. The second-order valence-corrected chi connectivity index (χ2v) is 10.3. The van der Waals surface area contributed by atoms with Gasteiger partial charge in [-0.3, -0.25) is 0 Å². The molecule has 0 radical (unpaired) electrons. The van der Waals surface area contributed by atoms with Crippen LogP contribution in [0.5, 0.6) is 0 Å².